The van der Waals surface area contributed by atoms with Gasteiger partial charge in [0.2, 0.25) is 0 Å². The molecular weight excluding hydrogens is 336 g/mol. The Kier molecular flexibility index (Phi) is 4.93. The van der Waals surface area contributed by atoms with Crippen molar-refractivity contribution in [3.63, 3.8) is 0 Å². The topological polar surface area (TPSA) is 117 Å². The lowest BCUT2D eigenvalue weighted by molar-refractivity contribution is -0.384. The molecule has 0 atom stereocenters. The minimum atomic E-state index is -1.08. The molecule has 3 rings (SSSR count). The molecule has 8 heteroatoms. The van der Waals surface area contributed by atoms with Crippen molar-refractivity contribution in [2.45, 2.75) is 13.1 Å². The molecular formula is C18H16N4O4. The van der Waals surface area contributed by atoms with E-state index >= 15 is 0 Å². The maximum Gasteiger partial charge on any atom is 0.404 e. The zero-order chi connectivity index (χ0) is 18.5. The van der Waals surface area contributed by atoms with Crippen LogP contribution in [-0.2, 0) is 13.1 Å². The maximum absolute atomic E-state index is 11.3. The van der Waals surface area contributed by atoms with Crippen LogP contribution in [-0.4, -0.2) is 21.1 Å². The van der Waals surface area contributed by atoms with Gasteiger partial charge in [0.1, 0.15) is 11.9 Å². The van der Waals surface area contributed by atoms with Crippen molar-refractivity contribution >= 4 is 28.4 Å². The number of amides is 1. The number of para-hydroxylation sites is 1. The van der Waals surface area contributed by atoms with Crippen molar-refractivity contribution in [3.05, 3.63) is 76.0 Å². The predicted molar refractivity (Wildman–Crippen MR) is 97.0 cm³/mol. The lowest BCUT2D eigenvalue weighted by Crippen LogP contribution is -2.19. The third-order valence-electron chi connectivity index (χ3n) is 3.89. The van der Waals surface area contributed by atoms with Gasteiger partial charge in [0.15, 0.2) is 0 Å². The number of carbonyl (C=O) groups is 1. The lowest BCUT2D eigenvalue weighted by atomic mass is 10.1. The molecule has 0 saturated heterocycles. The molecule has 1 heterocycles. The van der Waals surface area contributed by atoms with E-state index in [2.05, 4.69) is 15.6 Å². The van der Waals surface area contributed by atoms with Crippen LogP contribution in [0.3, 0.4) is 0 Å². The highest BCUT2D eigenvalue weighted by Gasteiger charge is 2.17. The van der Waals surface area contributed by atoms with E-state index < -0.39 is 11.0 Å². The fraction of sp³-hybridized carbons (Fsp3) is 0.111. The van der Waals surface area contributed by atoms with Crippen LogP contribution in [0.15, 0.2) is 54.7 Å². The van der Waals surface area contributed by atoms with Crippen molar-refractivity contribution in [3.8, 4) is 0 Å². The van der Waals surface area contributed by atoms with Crippen LogP contribution in [0.25, 0.3) is 10.9 Å². The Labute approximate surface area is 148 Å². The van der Waals surface area contributed by atoms with Gasteiger partial charge in [-0.25, -0.2) is 9.78 Å². The molecule has 0 unspecified atom stereocenters. The number of rotatable bonds is 6. The predicted octanol–water partition coefficient (Wildman–Crippen LogP) is 3.52. The average Bonchev–Trinajstić information content (AvgIpc) is 2.65. The fourth-order valence-electron chi connectivity index (χ4n) is 2.60. The molecule has 0 aliphatic carbocycles. The molecule has 0 fully saturated rings. The number of pyridine rings is 1. The monoisotopic (exact) mass is 352 g/mol. The van der Waals surface area contributed by atoms with Gasteiger partial charge < -0.3 is 15.7 Å². The number of aromatic nitrogens is 1. The SMILES string of the molecule is O=C(O)NCc1ccc(CNc2c([N+](=O)[O-])cnc3ccccc23)cc1. The smallest absolute Gasteiger partial charge is 0.404 e. The summed E-state index contributed by atoms with van der Waals surface area (Å²) in [6.07, 6.45) is 0.179. The number of hydrogen-bond acceptors (Lipinski definition) is 5. The maximum atomic E-state index is 11.3. The number of anilines is 1. The van der Waals surface area contributed by atoms with E-state index in [0.29, 0.717) is 23.1 Å². The molecule has 8 nitrogen and oxygen atoms in total. The highest BCUT2D eigenvalue weighted by Crippen LogP contribution is 2.31. The van der Waals surface area contributed by atoms with Gasteiger partial charge in [-0.3, -0.25) is 10.1 Å². The molecule has 2 aromatic carbocycles. The first-order valence-electron chi connectivity index (χ1n) is 7.85. The van der Waals surface area contributed by atoms with Crippen LogP contribution in [0.1, 0.15) is 11.1 Å². The summed E-state index contributed by atoms with van der Waals surface area (Å²) in [6, 6.07) is 14.5. The van der Waals surface area contributed by atoms with Crippen LogP contribution in [0.2, 0.25) is 0 Å². The normalized spacial score (nSPS) is 10.5. The summed E-state index contributed by atoms with van der Waals surface area (Å²) in [5.74, 6) is 0. The van der Waals surface area contributed by atoms with Crippen LogP contribution >= 0.6 is 0 Å². The van der Waals surface area contributed by atoms with Crippen molar-refractivity contribution in [1.29, 1.82) is 0 Å². The second-order valence-electron chi connectivity index (χ2n) is 5.62. The van der Waals surface area contributed by atoms with Gasteiger partial charge >= 0.3 is 11.8 Å². The largest absolute Gasteiger partial charge is 0.465 e. The first-order valence-corrected chi connectivity index (χ1v) is 7.85. The summed E-state index contributed by atoms with van der Waals surface area (Å²) < 4.78 is 0. The number of carboxylic acid groups (broad SMARTS) is 1. The summed E-state index contributed by atoms with van der Waals surface area (Å²) in [7, 11) is 0. The van der Waals surface area contributed by atoms with E-state index in [9.17, 15) is 14.9 Å². The first kappa shape index (κ1) is 17.2. The number of hydrogen-bond donors (Lipinski definition) is 3. The molecule has 3 aromatic rings. The molecule has 132 valence electrons. The Balaban J connectivity index is 1.80. The second kappa shape index (κ2) is 7.47. The van der Waals surface area contributed by atoms with E-state index in [1.807, 2.05) is 36.4 Å². The van der Waals surface area contributed by atoms with Gasteiger partial charge in [-0.05, 0) is 17.2 Å². The molecule has 0 bridgehead atoms. The van der Waals surface area contributed by atoms with Crippen molar-refractivity contribution < 1.29 is 14.8 Å². The minimum Gasteiger partial charge on any atom is -0.465 e. The third-order valence-corrected chi connectivity index (χ3v) is 3.89. The van der Waals surface area contributed by atoms with Gasteiger partial charge in [-0.1, -0.05) is 42.5 Å². The number of benzene rings is 2. The molecule has 0 radical (unpaired) electrons. The molecule has 0 spiro atoms. The lowest BCUT2D eigenvalue weighted by Gasteiger charge is -2.10. The first-order chi connectivity index (χ1) is 12.5. The van der Waals surface area contributed by atoms with Crippen molar-refractivity contribution in [2.75, 3.05) is 5.32 Å². The fourth-order valence-corrected chi connectivity index (χ4v) is 2.60. The van der Waals surface area contributed by atoms with Crippen molar-refractivity contribution in [1.82, 2.24) is 10.3 Å². The summed E-state index contributed by atoms with van der Waals surface area (Å²) in [4.78, 5) is 25.5. The average molecular weight is 352 g/mol. The van der Waals surface area contributed by atoms with Gasteiger partial charge in [-0.2, -0.15) is 0 Å². The molecule has 0 aliphatic rings. The summed E-state index contributed by atoms with van der Waals surface area (Å²) in [6.45, 7) is 0.616. The Hall–Kier alpha value is -3.68. The zero-order valence-electron chi connectivity index (χ0n) is 13.7. The molecule has 26 heavy (non-hydrogen) atoms. The second-order valence-corrected chi connectivity index (χ2v) is 5.62. The Morgan fingerprint density at radius 1 is 1.08 bits per heavy atom. The summed E-state index contributed by atoms with van der Waals surface area (Å²) in [5, 5.41) is 26.0. The van der Waals surface area contributed by atoms with Gasteiger partial charge in [-0.15, -0.1) is 0 Å². The Bertz CT molecular complexity index is 957. The standard InChI is InChI=1S/C18H16N4O4/c23-18(24)21-10-13-7-5-12(6-8-13)9-20-17-14-3-1-2-4-15(14)19-11-16(17)22(25)26/h1-8,11,21H,9-10H2,(H,19,20)(H,23,24). The molecule has 1 aromatic heterocycles. The molecule has 0 saturated carbocycles. The van der Waals surface area contributed by atoms with Crippen molar-refractivity contribution in [2.24, 2.45) is 0 Å². The molecule has 0 aliphatic heterocycles. The Morgan fingerprint density at radius 2 is 1.73 bits per heavy atom. The third kappa shape index (κ3) is 3.86. The van der Waals surface area contributed by atoms with E-state index in [4.69, 9.17) is 5.11 Å². The van der Waals surface area contributed by atoms with Gasteiger partial charge in [0.05, 0.1) is 10.4 Å². The number of nitrogens with zero attached hydrogens (tertiary/aromatic N) is 2. The summed E-state index contributed by atoms with van der Waals surface area (Å²) in [5.41, 5.74) is 2.77. The minimum absolute atomic E-state index is 0.0778. The molecule has 3 N–H and O–H groups in total. The highest BCUT2D eigenvalue weighted by atomic mass is 16.6. The van der Waals surface area contributed by atoms with Crippen LogP contribution in [0.5, 0.6) is 0 Å². The number of fused-ring (bicyclic) bond motifs is 1. The van der Waals surface area contributed by atoms with E-state index in [1.165, 1.54) is 6.20 Å². The Morgan fingerprint density at radius 3 is 2.38 bits per heavy atom. The highest BCUT2D eigenvalue weighted by molar-refractivity contribution is 5.95. The number of nitro groups is 1. The van der Waals surface area contributed by atoms with Crippen LogP contribution < -0.4 is 10.6 Å². The zero-order valence-corrected chi connectivity index (χ0v) is 13.7. The van der Waals surface area contributed by atoms with E-state index in [0.717, 1.165) is 11.1 Å². The summed E-state index contributed by atoms with van der Waals surface area (Å²) >= 11 is 0. The number of nitrogens with one attached hydrogen (secondary N) is 2. The molecule has 1 amide bonds. The van der Waals surface area contributed by atoms with E-state index in [-0.39, 0.29) is 12.2 Å². The van der Waals surface area contributed by atoms with Gasteiger partial charge in [0.25, 0.3) is 0 Å². The van der Waals surface area contributed by atoms with E-state index in [1.54, 1.807) is 12.1 Å². The van der Waals surface area contributed by atoms with Crippen LogP contribution in [0, 0.1) is 10.1 Å². The quantitative estimate of drug-likeness (QED) is 0.461. The van der Waals surface area contributed by atoms with Crippen LogP contribution in [0.4, 0.5) is 16.2 Å². The van der Waals surface area contributed by atoms with Gasteiger partial charge in [0, 0.05) is 18.5 Å².